The highest BCUT2D eigenvalue weighted by molar-refractivity contribution is 7.89. The second kappa shape index (κ2) is 13.8. The van der Waals surface area contributed by atoms with Crippen molar-refractivity contribution < 1.29 is 17.9 Å². The molecule has 2 N–H and O–H groups in total. The summed E-state index contributed by atoms with van der Waals surface area (Å²) in [5.41, 5.74) is 3.67. The highest BCUT2D eigenvalue weighted by Gasteiger charge is 2.27. The van der Waals surface area contributed by atoms with Gasteiger partial charge in [0, 0.05) is 31.7 Å². The molecule has 2 aromatic rings. The standard InChI is InChI=1S/C27H38N4O4S/c1-7-21(17-29-36(33,34)26-18-31(6)19-28-26)15-23(20(4)5)24(16-22-13-11-10-12-14-22)25(8-2)30-27(32)35-9-3/h7,10-15,18-19,24-25,29H,4,8-9,16-17H2,1-3,5-6H3,(H,30,32)/b21-7+,23-15+. The third-order valence-corrected chi connectivity index (χ3v) is 7.12. The smallest absolute Gasteiger partial charge is 0.407 e. The van der Waals surface area contributed by atoms with Gasteiger partial charge in [0.25, 0.3) is 10.0 Å². The van der Waals surface area contributed by atoms with Crippen molar-refractivity contribution in [3.8, 4) is 0 Å². The number of ether oxygens (including phenoxy) is 1. The average molecular weight is 515 g/mol. The molecule has 36 heavy (non-hydrogen) atoms. The Labute approximate surface area is 215 Å². The van der Waals surface area contributed by atoms with Crippen LogP contribution in [0.1, 0.15) is 39.7 Å². The lowest BCUT2D eigenvalue weighted by Gasteiger charge is -2.30. The lowest BCUT2D eigenvalue weighted by Crippen LogP contribution is -2.42. The fraction of sp³-hybridized carbons (Fsp3) is 0.407. The van der Waals surface area contributed by atoms with Crippen LogP contribution in [0, 0.1) is 5.92 Å². The Morgan fingerprint density at radius 1 is 1.25 bits per heavy atom. The summed E-state index contributed by atoms with van der Waals surface area (Å²) in [5.74, 6) is -0.110. The molecule has 0 saturated carbocycles. The molecule has 0 fully saturated rings. The van der Waals surface area contributed by atoms with Crippen molar-refractivity contribution in [2.75, 3.05) is 13.2 Å². The van der Waals surface area contributed by atoms with Crippen LogP contribution in [0.15, 0.2) is 83.3 Å². The van der Waals surface area contributed by atoms with Gasteiger partial charge in [0.15, 0.2) is 5.03 Å². The third-order valence-electron chi connectivity index (χ3n) is 5.83. The Kier molecular flexibility index (Phi) is 11.1. The molecule has 0 aliphatic carbocycles. The van der Waals surface area contributed by atoms with E-state index in [0.717, 1.165) is 22.3 Å². The van der Waals surface area contributed by atoms with E-state index in [9.17, 15) is 13.2 Å². The van der Waals surface area contributed by atoms with Gasteiger partial charge in [0.2, 0.25) is 0 Å². The number of carbonyl (C=O) groups is 1. The Morgan fingerprint density at radius 3 is 2.47 bits per heavy atom. The number of allylic oxidation sites excluding steroid dienone is 2. The highest BCUT2D eigenvalue weighted by Crippen LogP contribution is 2.29. The van der Waals surface area contributed by atoms with E-state index < -0.39 is 16.1 Å². The molecule has 9 heteroatoms. The molecular weight excluding hydrogens is 476 g/mol. The second-order valence-electron chi connectivity index (χ2n) is 8.62. The molecule has 2 atom stereocenters. The van der Waals surface area contributed by atoms with Crippen LogP contribution in [-0.2, 0) is 28.2 Å². The van der Waals surface area contributed by atoms with Crippen LogP contribution >= 0.6 is 0 Å². The zero-order valence-corrected chi connectivity index (χ0v) is 22.6. The van der Waals surface area contributed by atoms with Gasteiger partial charge in [-0.15, -0.1) is 0 Å². The number of nitrogens with one attached hydrogen (secondary N) is 2. The van der Waals surface area contributed by atoms with Gasteiger partial charge in [0.05, 0.1) is 12.9 Å². The van der Waals surface area contributed by atoms with Crippen molar-refractivity contribution in [2.24, 2.45) is 13.0 Å². The van der Waals surface area contributed by atoms with Gasteiger partial charge in [-0.25, -0.2) is 22.9 Å². The predicted molar refractivity (Wildman–Crippen MR) is 143 cm³/mol. The molecule has 1 amide bonds. The number of alkyl carbamates (subject to hydrolysis) is 1. The number of sulfonamides is 1. The lowest BCUT2D eigenvalue weighted by molar-refractivity contribution is 0.144. The molecule has 2 unspecified atom stereocenters. The van der Waals surface area contributed by atoms with Crippen molar-refractivity contribution in [1.29, 1.82) is 0 Å². The zero-order valence-electron chi connectivity index (χ0n) is 21.8. The number of rotatable bonds is 13. The maximum absolute atomic E-state index is 12.7. The summed E-state index contributed by atoms with van der Waals surface area (Å²) >= 11 is 0. The van der Waals surface area contributed by atoms with Crippen LogP contribution < -0.4 is 10.0 Å². The van der Waals surface area contributed by atoms with Crippen molar-refractivity contribution in [1.82, 2.24) is 19.6 Å². The van der Waals surface area contributed by atoms with Gasteiger partial charge in [-0.05, 0) is 50.3 Å². The molecule has 0 bridgehead atoms. The number of nitrogens with zero attached hydrogens (tertiary/aromatic N) is 2. The van der Waals surface area contributed by atoms with E-state index in [1.807, 2.05) is 51.1 Å². The number of hydrogen-bond donors (Lipinski definition) is 2. The fourth-order valence-electron chi connectivity index (χ4n) is 3.91. The quantitative estimate of drug-likeness (QED) is 0.382. The minimum absolute atomic E-state index is 0.0313. The number of carbonyl (C=O) groups excluding carboxylic acids is 1. The molecule has 1 aromatic heterocycles. The van der Waals surface area contributed by atoms with Crippen LogP contribution in [0.2, 0.25) is 0 Å². The van der Waals surface area contributed by atoms with Gasteiger partial charge in [-0.2, -0.15) is 0 Å². The zero-order chi connectivity index (χ0) is 26.7. The highest BCUT2D eigenvalue weighted by atomic mass is 32.2. The Morgan fingerprint density at radius 2 is 1.94 bits per heavy atom. The molecular formula is C27H38N4O4S. The first-order valence-corrected chi connectivity index (χ1v) is 13.6. The summed E-state index contributed by atoms with van der Waals surface area (Å²) in [4.78, 5) is 16.3. The topological polar surface area (TPSA) is 102 Å². The van der Waals surface area contributed by atoms with E-state index in [2.05, 4.69) is 33.7 Å². The molecule has 0 saturated heterocycles. The summed E-state index contributed by atoms with van der Waals surface area (Å²) < 4.78 is 34.7. The number of aryl methyl sites for hydroxylation is 1. The van der Waals surface area contributed by atoms with Gasteiger partial charge >= 0.3 is 6.09 Å². The monoisotopic (exact) mass is 514 g/mol. The summed E-state index contributed by atoms with van der Waals surface area (Å²) in [5, 5.41) is 2.98. The van der Waals surface area contributed by atoms with Crippen LogP contribution in [0.3, 0.4) is 0 Å². The summed E-state index contributed by atoms with van der Waals surface area (Å²) in [6.45, 7) is 12.1. The van der Waals surface area contributed by atoms with Gasteiger partial charge in [-0.1, -0.05) is 61.6 Å². The van der Waals surface area contributed by atoms with Gasteiger partial charge in [-0.3, -0.25) is 0 Å². The molecule has 1 aromatic carbocycles. The summed E-state index contributed by atoms with van der Waals surface area (Å²) in [6.07, 6.45) is 7.61. The lowest BCUT2D eigenvalue weighted by atomic mass is 9.80. The van der Waals surface area contributed by atoms with E-state index >= 15 is 0 Å². The number of hydrogen-bond acceptors (Lipinski definition) is 5. The average Bonchev–Trinajstić information content (AvgIpc) is 3.29. The minimum atomic E-state index is -3.76. The van der Waals surface area contributed by atoms with E-state index in [-0.39, 0.29) is 30.1 Å². The summed E-state index contributed by atoms with van der Waals surface area (Å²) in [7, 11) is -2.05. The Balaban J connectivity index is 2.39. The van der Waals surface area contributed by atoms with Crippen molar-refractivity contribution >= 4 is 16.1 Å². The van der Waals surface area contributed by atoms with E-state index in [0.29, 0.717) is 12.8 Å². The van der Waals surface area contributed by atoms with Crippen molar-refractivity contribution in [2.45, 2.75) is 51.6 Å². The third kappa shape index (κ3) is 8.49. The van der Waals surface area contributed by atoms with Gasteiger partial charge in [0.1, 0.15) is 0 Å². The number of benzene rings is 1. The maximum Gasteiger partial charge on any atom is 0.407 e. The predicted octanol–water partition coefficient (Wildman–Crippen LogP) is 4.53. The van der Waals surface area contributed by atoms with Crippen LogP contribution in [0.5, 0.6) is 0 Å². The normalized spacial score (nSPS) is 14.2. The molecule has 0 aliphatic heterocycles. The van der Waals surface area contributed by atoms with Gasteiger partial charge < -0.3 is 14.6 Å². The first kappa shape index (κ1) is 29.1. The van der Waals surface area contributed by atoms with Crippen LogP contribution in [0.25, 0.3) is 0 Å². The molecule has 0 spiro atoms. The van der Waals surface area contributed by atoms with Crippen molar-refractivity contribution in [3.63, 3.8) is 0 Å². The maximum atomic E-state index is 12.7. The number of aromatic nitrogens is 2. The van der Waals surface area contributed by atoms with Crippen molar-refractivity contribution in [3.05, 3.63) is 83.9 Å². The minimum Gasteiger partial charge on any atom is -0.450 e. The SMILES string of the molecule is C=C(C)/C(=C\C(=C/C)CNS(=O)(=O)c1cn(C)cn1)C(Cc1ccccc1)C(CC)NC(=O)OCC. The summed E-state index contributed by atoms with van der Waals surface area (Å²) in [6, 6.07) is 9.83. The number of amides is 1. The first-order chi connectivity index (χ1) is 17.1. The molecule has 1 heterocycles. The first-order valence-electron chi connectivity index (χ1n) is 12.1. The molecule has 196 valence electrons. The number of imidazole rings is 1. The second-order valence-corrected chi connectivity index (χ2v) is 10.3. The van der Waals surface area contributed by atoms with E-state index in [1.54, 1.807) is 18.5 Å². The molecule has 2 rings (SSSR count). The Hall–Kier alpha value is -3.17. The van der Waals surface area contributed by atoms with E-state index in [1.165, 1.54) is 12.5 Å². The Bertz CT molecular complexity index is 1180. The van der Waals surface area contributed by atoms with Crippen LogP contribution in [-0.4, -0.2) is 43.3 Å². The largest absolute Gasteiger partial charge is 0.450 e. The molecule has 0 radical (unpaired) electrons. The molecule has 8 nitrogen and oxygen atoms in total. The fourth-order valence-corrected chi connectivity index (χ4v) is 4.91. The molecule has 0 aliphatic rings. The van der Waals surface area contributed by atoms with E-state index in [4.69, 9.17) is 4.74 Å². The van der Waals surface area contributed by atoms with Crippen LogP contribution in [0.4, 0.5) is 4.79 Å².